The average Bonchev–Trinajstić information content (AvgIpc) is 2.64. The molecule has 0 bridgehead atoms. The summed E-state index contributed by atoms with van der Waals surface area (Å²) < 4.78 is 5.26. The topological polar surface area (TPSA) is 70.9 Å². The van der Waals surface area contributed by atoms with Crippen LogP contribution in [0.5, 0.6) is 5.75 Å². The number of aliphatic hydroxyl groups is 1. The molecule has 2 rings (SSSR count). The highest BCUT2D eigenvalue weighted by Crippen LogP contribution is 2.26. The second-order valence-corrected chi connectivity index (χ2v) is 5.81. The molecular formula is C21H24N2O3. The summed E-state index contributed by atoms with van der Waals surface area (Å²) in [5, 5.41) is 13.2. The van der Waals surface area contributed by atoms with E-state index in [4.69, 9.17) is 4.74 Å². The predicted octanol–water partition coefficient (Wildman–Crippen LogP) is 4.96. The molecule has 5 heteroatoms. The van der Waals surface area contributed by atoms with Gasteiger partial charge in [-0.1, -0.05) is 37.3 Å². The molecule has 0 aliphatic rings. The second kappa shape index (κ2) is 9.42. The lowest BCUT2D eigenvalue weighted by Gasteiger charge is -2.10. The second-order valence-electron chi connectivity index (χ2n) is 5.81. The number of allylic oxidation sites excluding steroid dienone is 1. The quantitative estimate of drug-likeness (QED) is 0.420. The average molecular weight is 352 g/mol. The van der Waals surface area contributed by atoms with E-state index in [9.17, 15) is 9.90 Å². The maximum absolute atomic E-state index is 12.7. The van der Waals surface area contributed by atoms with E-state index in [1.165, 1.54) is 6.21 Å². The summed E-state index contributed by atoms with van der Waals surface area (Å²) in [6.45, 7) is 3.85. The van der Waals surface area contributed by atoms with Crippen molar-refractivity contribution in [3.05, 3.63) is 65.4 Å². The van der Waals surface area contributed by atoms with Crippen LogP contribution in [0.3, 0.4) is 0 Å². The molecule has 0 unspecified atom stereocenters. The Morgan fingerprint density at radius 2 is 1.88 bits per heavy atom. The number of carbonyl (C=O) groups is 1. The fourth-order valence-electron chi connectivity index (χ4n) is 2.41. The Morgan fingerprint density at radius 3 is 2.58 bits per heavy atom. The van der Waals surface area contributed by atoms with E-state index in [-0.39, 0.29) is 11.3 Å². The standard InChI is InChI=1S/C21H24N2O3/c1-4-9-19(24)16(14-22-18-12-7-8-13-20(18)26-3)21(25)23-17-11-6-5-10-15(17)2/h5-8,10-14,24H,4,9H2,1-3H3,(H,23,25)/b19-16-,22-14?. The SMILES string of the molecule is CCC/C(O)=C(\C=Nc1ccccc1OC)C(=O)Nc1ccccc1C. The Bertz CT molecular complexity index is 826. The Kier molecular flexibility index (Phi) is 6.97. The van der Waals surface area contributed by atoms with E-state index in [2.05, 4.69) is 10.3 Å². The van der Waals surface area contributed by atoms with Gasteiger partial charge < -0.3 is 15.2 Å². The Labute approximate surface area is 154 Å². The van der Waals surface area contributed by atoms with Gasteiger partial charge in [-0.2, -0.15) is 0 Å². The third kappa shape index (κ3) is 4.96. The molecule has 5 nitrogen and oxygen atoms in total. The lowest BCUT2D eigenvalue weighted by Crippen LogP contribution is -2.18. The fourth-order valence-corrected chi connectivity index (χ4v) is 2.41. The molecule has 0 aliphatic heterocycles. The number of amides is 1. The molecule has 0 saturated carbocycles. The number of aliphatic imine (C=N–C) groups is 1. The van der Waals surface area contributed by atoms with Gasteiger partial charge in [0.25, 0.3) is 5.91 Å². The number of aryl methyl sites for hydroxylation is 1. The minimum absolute atomic E-state index is 0.0113. The van der Waals surface area contributed by atoms with Gasteiger partial charge in [-0.15, -0.1) is 0 Å². The van der Waals surface area contributed by atoms with Gasteiger partial charge in [-0.25, -0.2) is 0 Å². The molecule has 0 atom stereocenters. The van der Waals surface area contributed by atoms with E-state index in [0.29, 0.717) is 23.5 Å². The monoisotopic (exact) mass is 352 g/mol. The van der Waals surface area contributed by atoms with Crippen LogP contribution in [0.4, 0.5) is 11.4 Å². The number of carbonyl (C=O) groups excluding carboxylic acids is 1. The van der Waals surface area contributed by atoms with Crippen molar-refractivity contribution in [3.8, 4) is 5.75 Å². The van der Waals surface area contributed by atoms with Gasteiger partial charge in [-0.3, -0.25) is 9.79 Å². The summed E-state index contributed by atoms with van der Waals surface area (Å²) in [4.78, 5) is 17.0. The van der Waals surface area contributed by atoms with Crippen molar-refractivity contribution in [2.24, 2.45) is 4.99 Å². The molecule has 0 aliphatic carbocycles. The van der Waals surface area contributed by atoms with Crippen LogP contribution >= 0.6 is 0 Å². The number of rotatable bonds is 7. The van der Waals surface area contributed by atoms with Gasteiger partial charge in [0.15, 0.2) is 0 Å². The maximum Gasteiger partial charge on any atom is 0.260 e. The van der Waals surface area contributed by atoms with Crippen molar-refractivity contribution in [1.29, 1.82) is 0 Å². The Balaban J connectivity index is 2.32. The van der Waals surface area contributed by atoms with Crippen LogP contribution in [-0.4, -0.2) is 24.3 Å². The van der Waals surface area contributed by atoms with E-state index in [1.54, 1.807) is 19.2 Å². The predicted molar refractivity (Wildman–Crippen MR) is 106 cm³/mol. The summed E-state index contributed by atoms with van der Waals surface area (Å²) in [5.41, 5.74) is 2.36. The number of nitrogens with one attached hydrogen (secondary N) is 1. The number of hydrogen-bond donors (Lipinski definition) is 2. The summed E-state index contributed by atoms with van der Waals surface area (Å²) >= 11 is 0. The fraction of sp³-hybridized carbons (Fsp3) is 0.238. The van der Waals surface area contributed by atoms with Crippen molar-refractivity contribution in [2.75, 3.05) is 12.4 Å². The number of aliphatic hydroxyl groups excluding tert-OH is 1. The number of anilines is 1. The Morgan fingerprint density at radius 1 is 1.19 bits per heavy atom. The van der Waals surface area contributed by atoms with Crippen LogP contribution in [0, 0.1) is 6.92 Å². The van der Waals surface area contributed by atoms with Crippen LogP contribution < -0.4 is 10.1 Å². The first-order valence-corrected chi connectivity index (χ1v) is 8.53. The normalized spacial score (nSPS) is 12.0. The summed E-state index contributed by atoms with van der Waals surface area (Å²) in [5.74, 6) is 0.207. The van der Waals surface area contributed by atoms with Crippen LogP contribution in [0.1, 0.15) is 25.3 Å². The third-order valence-electron chi connectivity index (χ3n) is 3.85. The lowest BCUT2D eigenvalue weighted by atomic mass is 10.1. The largest absolute Gasteiger partial charge is 0.511 e. The number of nitrogens with zero attached hydrogens (tertiary/aromatic N) is 1. The van der Waals surface area contributed by atoms with Crippen molar-refractivity contribution in [2.45, 2.75) is 26.7 Å². The van der Waals surface area contributed by atoms with Gasteiger partial charge >= 0.3 is 0 Å². The number of ether oxygens (including phenoxy) is 1. The van der Waals surface area contributed by atoms with Crippen LogP contribution in [0.25, 0.3) is 0 Å². The first-order chi connectivity index (χ1) is 12.6. The van der Waals surface area contributed by atoms with Crippen LogP contribution in [0.15, 0.2) is 64.9 Å². The molecule has 2 aromatic rings. The third-order valence-corrected chi connectivity index (χ3v) is 3.85. The van der Waals surface area contributed by atoms with E-state index < -0.39 is 5.91 Å². The Hall–Kier alpha value is -3.08. The lowest BCUT2D eigenvalue weighted by molar-refractivity contribution is -0.112. The molecule has 2 N–H and O–H groups in total. The van der Waals surface area contributed by atoms with Gasteiger partial charge in [0.05, 0.1) is 12.7 Å². The zero-order chi connectivity index (χ0) is 18.9. The van der Waals surface area contributed by atoms with Crippen molar-refractivity contribution in [1.82, 2.24) is 0 Å². The van der Waals surface area contributed by atoms with Crippen molar-refractivity contribution < 1.29 is 14.6 Å². The summed E-state index contributed by atoms with van der Waals surface area (Å²) in [6.07, 6.45) is 2.50. The number of methoxy groups -OCH3 is 1. The molecule has 0 radical (unpaired) electrons. The minimum atomic E-state index is -0.399. The summed E-state index contributed by atoms with van der Waals surface area (Å²) in [6, 6.07) is 14.7. The van der Waals surface area contributed by atoms with Crippen LogP contribution in [-0.2, 0) is 4.79 Å². The maximum atomic E-state index is 12.7. The number of hydrogen-bond acceptors (Lipinski definition) is 4. The highest BCUT2D eigenvalue weighted by molar-refractivity contribution is 6.18. The highest BCUT2D eigenvalue weighted by Gasteiger charge is 2.14. The molecule has 0 saturated heterocycles. The molecule has 136 valence electrons. The smallest absolute Gasteiger partial charge is 0.260 e. The van der Waals surface area contributed by atoms with E-state index in [1.807, 2.05) is 50.2 Å². The first-order valence-electron chi connectivity index (χ1n) is 8.53. The molecule has 1 amide bonds. The zero-order valence-electron chi connectivity index (χ0n) is 15.3. The molecular weight excluding hydrogens is 328 g/mol. The highest BCUT2D eigenvalue weighted by atomic mass is 16.5. The van der Waals surface area contributed by atoms with E-state index >= 15 is 0 Å². The zero-order valence-corrected chi connectivity index (χ0v) is 15.3. The van der Waals surface area contributed by atoms with Gasteiger partial charge in [0.1, 0.15) is 17.2 Å². The van der Waals surface area contributed by atoms with Gasteiger partial charge in [0, 0.05) is 18.3 Å². The molecule has 0 spiro atoms. The van der Waals surface area contributed by atoms with Crippen LogP contribution in [0.2, 0.25) is 0 Å². The molecule has 0 heterocycles. The van der Waals surface area contributed by atoms with Gasteiger partial charge in [0.2, 0.25) is 0 Å². The molecule has 2 aromatic carbocycles. The van der Waals surface area contributed by atoms with Crippen molar-refractivity contribution in [3.63, 3.8) is 0 Å². The minimum Gasteiger partial charge on any atom is -0.511 e. The summed E-state index contributed by atoms with van der Waals surface area (Å²) in [7, 11) is 1.56. The van der Waals surface area contributed by atoms with E-state index in [0.717, 1.165) is 12.0 Å². The number of benzene rings is 2. The first kappa shape index (κ1) is 19.2. The van der Waals surface area contributed by atoms with Crippen molar-refractivity contribution >= 4 is 23.5 Å². The number of para-hydroxylation sites is 3. The molecule has 26 heavy (non-hydrogen) atoms. The molecule has 0 fully saturated rings. The van der Waals surface area contributed by atoms with Gasteiger partial charge in [-0.05, 0) is 37.1 Å². The molecule has 0 aromatic heterocycles.